The van der Waals surface area contributed by atoms with Crippen molar-refractivity contribution in [3.8, 4) is 0 Å². The molecule has 0 radical (unpaired) electrons. The van der Waals surface area contributed by atoms with E-state index in [1.807, 2.05) is 0 Å². The third-order valence-electron chi connectivity index (χ3n) is 3.55. The fourth-order valence-corrected chi connectivity index (χ4v) is 2.65. The average molecular weight is 189 g/mol. The minimum atomic E-state index is 0.485. The number of hydrogen-bond donors (Lipinski definition) is 1. The van der Waals surface area contributed by atoms with Gasteiger partial charge in [0.25, 0.3) is 0 Å². The van der Waals surface area contributed by atoms with Crippen LogP contribution in [0.2, 0.25) is 0 Å². The summed E-state index contributed by atoms with van der Waals surface area (Å²) >= 11 is 0. The summed E-state index contributed by atoms with van der Waals surface area (Å²) in [5.74, 6) is 0. The smallest absolute Gasteiger partial charge is 0.00111 e. The second-order valence-electron chi connectivity index (χ2n) is 4.51. The number of rotatable bonds is 3. The molecule has 0 saturated carbocycles. The predicted molar refractivity (Wildman–Crippen MR) is 60.5 cm³/mol. The molecule has 14 heavy (non-hydrogen) atoms. The van der Waals surface area contributed by atoms with Gasteiger partial charge in [0, 0.05) is 6.54 Å². The molecule has 1 aromatic carbocycles. The molecular formula is C13H19N. The summed E-state index contributed by atoms with van der Waals surface area (Å²) in [5, 5.41) is 3.34. The molecule has 0 heterocycles. The number of benzene rings is 1. The molecule has 0 unspecified atom stereocenters. The molecule has 2 rings (SSSR count). The Bertz CT molecular complexity index is 292. The Labute approximate surface area is 86.5 Å². The number of nitrogens with one attached hydrogen (secondary N) is 1. The summed E-state index contributed by atoms with van der Waals surface area (Å²) in [4.78, 5) is 0. The zero-order chi connectivity index (χ0) is 10.0. The molecule has 1 heteroatoms. The van der Waals surface area contributed by atoms with Crippen molar-refractivity contribution in [1.82, 2.24) is 5.32 Å². The van der Waals surface area contributed by atoms with Crippen LogP contribution in [0.3, 0.4) is 0 Å². The normalized spacial score (nSPS) is 18.1. The first kappa shape index (κ1) is 9.72. The van der Waals surface area contributed by atoms with Gasteiger partial charge in [-0.3, -0.25) is 0 Å². The van der Waals surface area contributed by atoms with E-state index in [-0.39, 0.29) is 0 Å². The molecule has 1 N–H and O–H groups in total. The molecule has 0 saturated heterocycles. The highest BCUT2D eigenvalue weighted by Crippen LogP contribution is 2.38. The van der Waals surface area contributed by atoms with Gasteiger partial charge in [0.1, 0.15) is 0 Å². The van der Waals surface area contributed by atoms with E-state index in [1.165, 1.54) is 19.3 Å². The molecule has 1 aromatic rings. The Morgan fingerprint density at radius 1 is 1.21 bits per heavy atom. The van der Waals surface area contributed by atoms with Gasteiger partial charge in [-0.05, 0) is 42.9 Å². The summed E-state index contributed by atoms with van der Waals surface area (Å²) in [6, 6.07) is 8.87. The van der Waals surface area contributed by atoms with Crippen LogP contribution in [-0.4, -0.2) is 13.6 Å². The van der Waals surface area contributed by atoms with E-state index in [4.69, 9.17) is 0 Å². The van der Waals surface area contributed by atoms with E-state index in [9.17, 15) is 0 Å². The maximum absolute atomic E-state index is 3.34. The third-order valence-corrected chi connectivity index (χ3v) is 3.55. The Balaban J connectivity index is 2.23. The van der Waals surface area contributed by atoms with Crippen molar-refractivity contribution in [2.75, 3.05) is 13.6 Å². The minimum absolute atomic E-state index is 0.485. The number of fused-ring (bicyclic) bond motifs is 1. The van der Waals surface area contributed by atoms with Crippen LogP contribution in [0.4, 0.5) is 0 Å². The lowest BCUT2D eigenvalue weighted by molar-refractivity contribution is 0.284. The quantitative estimate of drug-likeness (QED) is 0.770. The molecule has 0 aliphatic heterocycles. The maximum Gasteiger partial charge on any atom is 0.00111 e. The summed E-state index contributed by atoms with van der Waals surface area (Å²) < 4.78 is 0. The topological polar surface area (TPSA) is 12.0 Å². The molecule has 0 aromatic heterocycles. The minimum Gasteiger partial charge on any atom is -0.319 e. The van der Waals surface area contributed by atoms with Gasteiger partial charge < -0.3 is 5.32 Å². The van der Waals surface area contributed by atoms with Crippen molar-refractivity contribution in [1.29, 1.82) is 0 Å². The highest BCUT2D eigenvalue weighted by atomic mass is 14.8. The second-order valence-corrected chi connectivity index (χ2v) is 4.51. The monoisotopic (exact) mass is 189 g/mol. The van der Waals surface area contributed by atoms with E-state index in [0.29, 0.717) is 5.41 Å². The Hall–Kier alpha value is -0.820. The second kappa shape index (κ2) is 3.74. The molecule has 1 aliphatic rings. The molecule has 1 aliphatic carbocycles. The van der Waals surface area contributed by atoms with E-state index < -0.39 is 0 Å². The van der Waals surface area contributed by atoms with Gasteiger partial charge in [0.2, 0.25) is 0 Å². The highest BCUT2D eigenvalue weighted by molar-refractivity contribution is 5.34. The van der Waals surface area contributed by atoms with Gasteiger partial charge in [0.15, 0.2) is 0 Å². The van der Waals surface area contributed by atoms with Gasteiger partial charge in [-0.15, -0.1) is 0 Å². The summed E-state index contributed by atoms with van der Waals surface area (Å²) in [7, 11) is 2.06. The summed E-state index contributed by atoms with van der Waals surface area (Å²) in [5.41, 5.74) is 3.60. The molecule has 0 bridgehead atoms. The highest BCUT2D eigenvalue weighted by Gasteiger charge is 2.34. The van der Waals surface area contributed by atoms with Crippen LogP contribution in [0, 0.1) is 5.41 Å². The first-order chi connectivity index (χ1) is 6.79. The van der Waals surface area contributed by atoms with Crippen LogP contribution in [0.25, 0.3) is 0 Å². The molecule has 0 spiro atoms. The first-order valence-electron chi connectivity index (χ1n) is 5.51. The zero-order valence-corrected chi connectivity index (χ0v) is 9.14. The molecule has 0 amide bonds. The van der Waals surface area contributed by atoms with Gasteiger partial charge in [-0.25, -0.2) is 0 Å². The van der Waals surface area contributed by atoms with Crippen molar-refractivity contribution in [3.63, 3.8) is 0 Å². The van der Waals surface area contributed by atoms with Crippen LogP contribution >= 0.6 is 0 Å². The lowest BCUT2D eigenvalue weighted by Crippen LogP contribution is -2.32. The van der Waals surface area contributed by atoms with Crippen LogP contribution in [0.1, 0.15) is 24.5 Å². The maximum atomic E-state index is 3.34. The fourth-order valence-electron chi connectivity index (χ4n) is 2.65. The average Bonchev–Trinajstić information content (AvgIpc) is 2.57. The van der Waals surface area contributed by atoms with Gasteiger partial charge >= 0.3 is 0 Å². The van der Waals surface area contributed by atoms with Gasteiger partial charge in [-0.2, -0.15) is 0 Å². The van der Waals surface area contributed by atoms with Crippen LogP contribution in [0.5, 0.6) is 0 Å². The Morgan fingerprint density at radius 2 is 1.79 bits per heavy atom. The van der Waals surface area contributed by atoms with E-state index in [2.05, 4.69) is 43.6 Å². The standard InChI is InChI=1S/C13H19N/c1-3-13(10-14-2)8-11-6-4-5-7-12(11)9-13/h4-7,14H,3,8-10H2,1-2H3. The lowest BCUT2D eigenvalue weighted by Gasteiger charge is -2.27. The zero-order valence-electron chi connectivity index (χ0n) is 9.14. The fraction of sp³-hybridized carbons (Fsp3) is 0.538. The van der Waals surface area contributed by atoms with Gasteiger partial charge in [0.05, 0.1) is 0 Å². The Morgan fingerprint density at radius 3 is 2.21 bits per heavy atom. The van der Waals surface area contributed by atoms with Gasteiger partial charge in [-0.1, -0.05) is 31.2 Å². The van der Waals surface area contributed by atoms with Crippen molar-refractivity contribution >= 4 is 0 Å². The predicted octanol–water partition coefficient (Wildman–Crippen LogP) is 2.40. The molecule has 0 fully saturated rings. The first-order valence-corrected chi connectivity index (χ1v) is 5.51. The van der Waals surface area contributed by atoms with Crippen molar-refractivity contribution in [3.05, 3.63) is 35.4 Å². The van der Waals surface area contributed by atoms with Crippen molar-refractivity contribution in [2.45, 2.75) is 26.2 Å². The summed E-state index contributed by atoms with van der Waals surface area (Å²) in [6.45, 7) is 3.45. The van der Waals surface area contributed by atoms with E-state index >= 15 is 0 Å². The summed E-state index contributed by atoms with van der Waals surface area (Å²) in [6.07, 6.45) is 3.77. The SMILES string of the molecule is CCC1(CNC)Cc2ccccc2C1. The molecule has 0 atom stereocenters. The lowest BCUT2D eigenvalue weighted by atomic mass is 9.82. The van der Waals surface area contributed by atoms with Crippen LogP contribution in [0.15, 0.2) is 24.3 Å². The van der Waals surface area contributed by atoms with Crippen molar-refractivity contribution < 1.29 is 0 Å². The van der Waals surface area contributed by atoms with E-state index in [0.717, 1.165) is 6.54 Å². The largest absolute Gasteiger partial charge is 0.319 e. The molecule has 1 nitrogen and oxygen atoms in total. The third kappa shape index (κ3) is 1.57. The molecular weight excluding hydrogens is 170 g/mol. The van der Waals surface area contributed by atoms with Crippen molar-refractivity contribution in [2.24, 2.45) is 5.41 Å². The molecule has 76 valence electrons. The number of hydrogen-bond acceptors (Lipinski definition) is 1. The Kier molecular flexibility index (Phi) is 2.60. The van der Waals surface area contributed by atoms with Crippen LogP contribution in [-0.2, 0) is 12.8 Å². The van der Waals surface area contributed by atoms with Crippen LogP contribution < -0.4 is 5.32 Å². The van der Waals surface area contributed by atoms with E-state index in [1.54, 1.807) is 11.1 Å².